The fourth-order valence-corrected chi connectivity index (χ4v) is 2.50. The van der Waals surface area contributed by atoms with E-state index in [4.69, 9.17) is 0 Å². The number of piperidine rings is 1. The maximum Gasteiger partial charge on any atom is 0.226 e. The second kappa shape index (κ2) is 6.09. The van der Waals surface area contributed by atoms with E-state index in [1.54, 1.807) is 0 Å². The van der Waals surface area contributed by atoms with Gasteiger partial charge in [-0.2, -0.15) is 0 Å². The molecule has 1 aliphatic heterocycles. The van der Waals surface area contributed by atoms with Gasteiger partial charge in [0.1, 0.15) is 0 Å². The summed E-state index contributed by atoms with van der Waals surface area (Å²) in [6, 6.07) is 8.83. The molecule has 1 amide bonds. The van der Waals surface area contributed by atoms with Crippen LogP contribution in [0.4, 0.5) is 11.4 Å². The molecule has 0 radical (unpaired) electrons. The molecule has 1 saturated heterocycles. The molecule has 1 atom stereocenters. The summed E-state index contributed by atoms with van der Waals surface area (Å²) in [7, 11) is 0. The largest absolute Gasteiger partial charge is 0.369 e. The number of hydrogen-bond donors (Lipinski definition) is 1. The Labute approximate surface area is 116 Å². The summed E-state index contributed by atoms with van der Waals surface area (Å²) in [5.74, 6) is 0.0842. The van der Waals surface area contributed by atoms with Gasteiger partial charge in [0.25, 0.3) is 0 Å². The van der Waals surface area contributed by atoms with Crippen LogP contribution in [-0.4, -0.2) is 18.5 Å². The second-order valence-electron chi connectivity index (χ2n) is 5.73. The van der Waals surface area contributed by atoms with E-state index in [1.165, 1.54) is 24.9 Å². The summed E-state index contributed by atoms with van der Waals surface area (Å²) < 4.78 is 0. The van der Waals surface area contributed by atoms with Crippen LogP contribution in [0.2, 0.25) is 0 Å². The van der Waals surface area contributed by atoms with Crippen LogP contribution < -0.4 is 10.2 Å². The van der Waals surface area contributed by atoms with Crippen molar-refractivity contribution in [1.82, 2.24) is 0 Å². The molecule has 1 aliphatic rings. The third-order valence-corrected chi connectivity index (χ3v) is 3.79. The molecule has 19 heavy (non-hydrogen) atoms. The fourth-order valence-electron chi connectivity index (χ4n) is 2.50. The number of hydrogen-bond acceptors (Lipinski definition) is 2. The number of amides is 1. The third kappa shape index (κ3) is 3.49. The second-order valence-corrected chi connectivity index (χ2v) is 5.73. The molecule has 3 nitrogen and oxygen atoms in total. The lowest BCUT2D eigenvalue weighted by Crippen LogP contribution is -2.37. The number of carbonyl (C=O) groups is 1. The summed E-state index contributed by atoms with van der Waals surface area (Å²) in [6.07, 6.45) is 3.88. The zero-order valence-electron chi connectivity index (χ0n) is 12.1. The first-order valence-electron chi connectivity index (χ1n) is 7.25. The SMILES string of the molecule is CC(C)C(=O)Nc1ccc(N2CCCC[C@@H]2C)cc1. The standard InChI is InChI=1S/C16H24N2O/c1-12(2)16(19)17-14-7-9-15(10-8-14)18-11-5-4-6-13(18)3/h7-10,12-13H,4-6,11H2,1-3H3,(H,17,19)/t13-/m0/s1. The highest BCUT2D eigenvalue weighted by Crippen LogP contribution is 2.25. The van der Waals surface area contributed by atoms with Crippen LogP contribution in [-0.2, 0) is 4.79 Å². The number of rotatable bonds is 3. The van der Waals surface area contributed by atoms with Gasteiger partial charge in [0.15, 0.2) is 0 Å². The van der Waals surface area contributed by atoms with Gasteiger partial charge in [0.2, 0.25) is 5.91 Å². The third-order valence-electron chi connectivity index (χ3n) is 3.79. The molecule has 0 saturated carbocycles. The molecule has 1 aromatic carbocycles. The first-order valence-corrected chi connectivity index (χ1v) is 7.25. The molecule has 1 fully saturated rings. The van der Waals surface area contributed by atoms with Crippen LogP contribution in [0, 0.1) is 5.92 Å². The number of anilines is 2. The van der Waals surface area contributed by atoms with Crippen molar-refractivity contribution in [3.05, 3.63) is 24.3 Å². The fraction of sp³-hybridized carbons (Fsp3) is 0.562. The minimum atomic E-state index is 0.0155. The van der Waals surface area contributed by atoms with Crippen LogP contribution in [0.1, 0.15) is 40.0 Å². The molecule has 2 rings (SSSR count). The van der Waals surface area contributed by atoms with Crippen LogP contribution in [0.3, 0.4) is 0 Å². The Morgan fingerprint density at radius 2 is 1.95 bits per heavy atom. The lowest BCUT2D eigenvalue weighted by atomic mass is 10.0. The number of benzene rings is 1. The maximum absolute atomic E-state index is 11.6. The molecule has 0 unspecified atom stereocenters. The van der Waals surface area contributed by atoms with Crippen LogP contribution >= 0.6 is 0 Å². The van der Waals surface area contributed by atoms with Crippen molar-refractivity contribution in [2.75, 3.05) is 16.8 Å². The number of nitrogens with one attached hydrogen (secondary N) is 1. The van der Waals surface area contributed by atoms with Crippen molar-refractivity contribution >= 4 is 17.3 Å². The van der Waals surface area contributed by atoms with E-state index in [0.717, 1.165) is 12.2 Å². The predicted molar refractivity (Wildman–Crippen MR) is 80.6 cm³/mol. The predicted octanol–water partition coefficient (Wildman–Crippen LogP) is 3.66. The Morgan fingerprint density at radius 1 is 1.26 bits per heavy atom. The van der Waals surface area contributed by atoms with E-state index in [2.05, 4.69) is 29.3 Å². The van der Waals surface area contributed by atoms with Crippen molar-refractivity contribution in [1.29, 1.82) is 0 Å². The molecule has 1 heterocycles. The lowest BCUT2D eigenvalue weighted by Gasteiger charge is -2.35. The number of carbonyl (C=O) groups excluding carboxylic acids is 1. The van der Waals surface area contributed by atoms with E-state index in [0.29, 0.717) is 6.04 Å². The van der Waals surface area contributed by atoms with Gasteiger partial charge >= 0.3 is 0 Å². The molecule has 1 aromatic rings. The lowest BCUT2D eigenvalue weighted by molar-refractivity contribution is -0.118. The van der Waals surface area contributed by atoms with Gasteiger partial charge < -0.3 is 10.2 Å². The Balaban J connectivity index is 2.03. The normalized spacial score (nSPS) is 19.6. The Kier molecular flexibility index (Phi) is 4.46. The first kappa shape index (κ1) is 13.9. The van der Waals surface area contributed by atoms with Gasteiger partial charge in [-0.05, 0) is 50.5 Å². The highest BCUT2D eigenvalue weighted by Gasteiger charge is 2.18. The van der Waals surface area contributed by atoms with E-state index < -0.39 is 0 Å². The smallest absolute Gasteiger partial charge is 0.226 e. The average molecular weight is 260 g/mol. The van der Waals surface area contributed by atoms with Crippen molar-refractivity contribution in [3.8, 4) is 0 Å². The maximum atomic E-state index is 11.6. The van der Waals surface area contributed by atoms with Crippen molar-refractivity contribution in [2.45, 2.75) is 46.1 Å². The molecule has 0 aliphatic carbocycles. The molecule has 0 bridgehead atoms. The first-order chi connectivity index (χ1) is 9.08. The molecule has 0 aromatic heterocycles. The Bertz CT molecular complexity index is 425. The molecular weight excluding hydrogens is 236 g/mol. The van der Waals surface area contributed by atoms with E-state index in [-0.39, 0.29) is 11.8 Å². The van der Waals surface area contributed by atoms with Gasteiger partial charge in [-0.15, -0.1) is 0 Å². The van der Waals surface area contributed by atoms with Gasteiger partial charge in [-0.25, -0.2) is 0 Å². The Hall–Kier alpha value is -1.51. The monoisotopic (exact) mass is 260 g/mol. The van der Waals surface area contributed by atoms with Gasteiger partial charge in [-0.1, -0.05) is 13.8 Å². The van der Waals surface area contributed by atoms with Gasteiger partial charge in [0.05, 0.1) is 0 Å². The van der Waals surface area contributed by atoms with E-state index >= 15 is 0 Å². The molecule has 1 N–H and O–H groups in total. The summed E-state index contributed by atoms with van der Waals surface area (Å²) >= 11 is 0. The average Bonchev–Trinajstić information content (AvgIpc) is 2.40. The highest BCUT2D eigenvalue weighted by atomic mass is 16.1. The van der Waals surface area contributed by atoms with Crippen LogP contribution in [0.15, 0.2) is 24.3 Å². The van der Waals surface area contributed by atoms with E-state index in [9.17, 15) is 4.79 Å². The summed E-state index contributed by atoms with van der Waals surface area (Å²) in [4.78, 5) is 14.1. The summed E-state index contributed by atoms with van der Waals surface area (Å²) in [6.45, 7) is 7.23. The van der Waals surface area contributed by atoms with Crippen LogP contribution in [0.25, 0.3) is 0 Å². The zero-order valence-corrected chi connectivity index (χ0v) is 12.1. The Morgan fingerprint density at radius 3 is 2.53 bits per heavy atom. The molecule has 0 spiro atoms. The molecular formula is C16H24N2O. The van der Waals surface area contributed by atoms with Crippen LogP contribution in [0.5, 0.6) is 0 Å². The summed E-state index contributed by atoms with van der Waals surface area (Å²) in [5.41, 5.74) is 2.14. The minimum Gasteiger partial charge on any atom is -0.369 e. The quantitative estimate of drug-likeness (QED) is 0.899. The van der Waals surface area contributed by atoms with Gasteiger partial charge in [0, 0.05) is 29.9 Å². The molecule has 3 heteroatoms. The molecule has 104 valence electrons. The van der Waals surface area contributed by atoms with E-state index in [1.807, 2.05) is 26.0 Å². The van der Waals surface area contributed by atoms with Crippen molar-refractivity contribution in [3.63, 3.8) is 0 Å². The summed E-state index contributed by atoms with van der Waals surface area (Å²) in [5, 5.41) is 2.93. The highest BCUT2D eigenvalue weighted by molar-refractivity contribution is 5.92. The zero-order chi connectivity index (χ0) is 13.8. The minimum absolute atomic E-state index is 0.0155. The topological polar surface area (TPSA) is 32.3 Å². The van der Waals surface area contributed by atoms with Crippen molar-refractivity contribution < 1.29 is 4.79 Å². The van der Waals surface area contributed by atoms with Crippen molar-refractivity contribution in [2.24, 2.45) is 5.92 Å². The van der Waals surface area contributed by atoms with Gasteiger partial charge in [-0.3, -0.25) is 4.79 Å². The number of nitrogens with zero attached hydrogens (tertiary/aromatic N) is 1.